The van der Waals surface area contributed by atoms with E-state index >= 15 is 0 Å². The molecule has 40 heavy (non-hydrogen) atoms. The van der Waals surface area contributed by atoms with Gasteiger partial charge in [0.25, 0.3) is 0 Å². The number of halogens is 3. The molecule has 0 N–H and O–H groups in total. The number of rotatable bonds is 5. The predicted octanol–water partition coefficient (Wildman–Crippen LogP) is 4.99. The zero-order valence-corrected chi connectivity index (χ0v) is 23.1. The number of aromatic nitrogens is 4. The van der Waals surface area contributed by atoms with Crippen molar-refractivity contribution in [2.45, 2.75) is 56.3 Å². The van der Waals surface area contributed by atoms with Crippen LogP contribution < -0.4 is 4.74 Å². The third-order valence-corrected chi connectivity index (χ3v) is 9.04. The first-order valence-corrected chi connectivity index (χ1v) is 14.1. The van der Waals surface area contributed by atoms with Gasteiger partial charge in [-0.15, -0.1) is 14.5 Å². The molecule has 4 aromatic rings. The molecule has 1 spiro atoms. The minimum absolute atomic E-state index is 0.169. The summed E-state index contributed by atoms with van der Waals surface area (Å²) in [6, 6.07) is 13.0. The molecule has 0 aliphatic carbocycles. The number of para-hydroxylation sites is 1. The van der Waals surface area contributed by atoms with Crippen LogP contribution in [0.1, 0.15) is 53.2 Å². The minimum Gasteiger partial charge on any atom is -0.593 e. The summed E-state index contributed by atoms with van der Waals surface area (Å²) in [5.74, 6) is -0.629. The Bertz CT molecular complexity index is 1570. The first-order chi connectivity index (χ1) is 19.1. The number of fused-ring (bicyclic) bond motifs is 2. The smallest absolute Gasteiger partial charge is 0.452 e. The Morgan fingerprint density at radius 2 is 1.88 bits per heavy atom. The van der Waals surface area contributed by atoms with Gasteiger partial charge in [-0.25, -0.2) is 0 Å². The quantitative estimate of drug-likeness (QED) is 0.312. The average Bonchev–Trinajstić information content (AvgIpc) is 3.31. The van der Waals surface area contributed by atoms with E-state index in [4.69, 9.17) is 14.5 Å². The topological polar surface area (TPSA) is 87.8 Å². The number of pyridine rings is 2. The molecule has 2 aliphatic heterocycles. The molecule has 1 saturated heterocycles. The van der Waals surface area contributed by atoms with Gasteiger partial charge in [-0.3, -0.25) is 9.38 Å². The molecule has 0 saturated carbocycles. The zero-order chi connectivity index (χ0) is 28.2. The number of aryl methyl sites for hydroxylation is 2. The summed E-state index contributed by atoms with van der Waals surface area (Å²) < 4.78 is 68.5. The van der Waals surface area contributed by atoms with Crippen molar-refractivity contribution in [2.75, 3.05) is 19.8 Å². The minimum atomic E-state index is -4.60. The molecular formula is C28H28F3N5O3S. The van der Waals surface area contributed by atoms with Crippen LogP contribution in [0.25, 0.3) is 5.65 Å². The van der Waals surface area contributed by atoms with E-state index in [0.717, 1.165) is 26.9 Å². The van der Waals surface area contributed by atoms with Crippen molar-refractivity contribution in [3.63, 3.8) is 0 Å². The third kappa shape index (κ3) is 4.62. The number of ether oxygens (including phenoxy) is 2. The lowest BCUT2D eigenvalue weighted by molar-refractivity contribution is -0.165. The van der Waals surface area contributed by atoms with Gasteiger partial charge in [0.15, 0.2) is 17.0 Å². The highest BCUT2D eigenvalue weighted by Crippen LogP contribution is 2.39. The first kappa shape index (κ1) is 27.0. The summed E-state index contributed by atoms with van der Waals surface area (Å²) in [6.45, 7) is 7.32. The fourth-order valence-electron chi connectivity index (χ4n) is 5.42. The van der Waals surface area contributed by atoms with Crippen LogP contribution in [0.4, 0.5) is 13.2 Å². The summed E-state index contributed by atoms with van der Waals surface area (Å²) in [7, 11) is 0. The van der Waals surface area contributed by atoms with Gasteiger partial charge in [-0.05, 0) is 61.2 Å². The van der Waals surface area contributed by atoms with E-state index in [-0.39, 0.29) is 11.6 Å². The number of hydrogen-bond donors (Lipinski definition) is 0. The fourth-order valence-corrected chi connectivity index (χ4v) is 6.77. The molecule has 5 heterocycles. The van der Waals surface area contributed by atoms with Gasteiger partial charge >= 0.3 is 6.18 Å². The van der Waals surface area contributed by atoms with Crippen molar-refractivity contribution in [1.29, 1.82) is 0 Å². The normalized spacial score (nSPS) is 19.6. The van der Waals surface area contributed by atoms with Crippen molar-refractivity contribution < 1.29 is 27.2 Å². The van der Waals surface area contributed by atoms with Crippen LogP contribution in [0.2, 0.25) is 0 Å². The molecule has 8 nitrogen and oxygen atoms in total. The Kier molecular flexibility index (Phi) is 6.76. The Morgan fingerprint density at radius 1 is 1.10 bits per heavy atom. The van der Waals surface area contributed by atoms with E-state index < -0.39 is 29.0 Å². The molecule has 1 fully saturated rings. The van der Waals surface area contributed by atoms with Crippen molar-refractivity contribution in [1.82, 2.24) is 23.9 Å². The van der Waals surface area contributed by atoms with Gasteiger partial charge in [-0.1, -0.05) is 25.1 Å². The average molecular weight is 572 g/mol. The van der Waals surface area contributed by atoms with E-state index in [1.54, 1.807) is 13.0 Å². The van der Waals surface area contributed by atoms with Crippen LogP contribution in [0.15, 0.2) is 53.6 Å². The zero-order valence-electron chi connectivity index (χ0n) is 22.2. The summed E-state index contributed by atoms with van der Waals surface area (Å²) >= 11 is -1.47. The summed E-state index contributed by atoms with van der Waals surface area (Å²) in [4.78, 5) is 5.63. The lowest BCUT2D eigenvalue weighted by Gasteiger charge is -2.41. The summed E-state index contributed by atoms with van der Waals surface area (Å²) in [5.41, 5.74) is 3.57. The highest BCUT2D eigenvalue weighted by Gasteiger charge is 2.49. The second-order valence-electron chi connectivity index (χ2n) is 10.3. The molecule has 1 aromatic carbocycles. The van der Waals surface area contributed by atoms with Crippen LogP contribution in [-0.4, -0.2) is 53.8 Å². The second kappa shape index (κ2) is 10.0. The van der Waals surface area contributed by atoms with Gasteiger partial charge < -0.3 is 14.0 Å². The molecule has 2 unspecified atom stereocenters. The van der Waals surface area contributed by atoms with Gasteiger partial charge in [0, 0.05) is 17.8 Å². The SMILES string of the molecule is CCC(c1ccc(C)c(CN2CC3(COC3)Oc3ccccc3[S+]2[O-])n1)c1ccn2c(C(F)(F)F)nnc2c1C. The van der Waals surface area contributed by atoms with Gasteiger partial charge in [-0.2, -0.15) is 13.2 Å². The maximum atomic E-state index is 13.7. The lowest BCUT2D eigenvalue weighted by atomic mass is 9.90. The standard InChI is InChI=1S/C28H28F3N5O3S/c1-4-19(20-11-12-36-25(18(20)3)33-34-26(36)28(29,30)31)21-10-9-17(2)22(32-21)13-35-14-27(15-38-16-27)39-23-7-5-6-8-24(23)40(35)37/h5-12,19H,4,13-16H2,1-3H3. The molecule has 0 amide bonds. The van der Waals surface area contributed by atoms with E-state index in [2.05, 4.69) is 10.2 Å². The van der Waals surface area contributed by atoms with Crippen LogP contribution in [0, 0.1) is 13.8 Å². The van der Waals surface area contributed by atoms with Gasteiger partial charge in [0.05, 0.1) is 43.4 Å². The maximum absolute atomic E-state index is 13.7. The Labute approximate surface area is 232 Å². The highest BCUT2D eigenvalue weighted by molar-refractivity contribution is 7.89. The van der Waals surface area contributed by atoms with E-state index in [0.29, 0.717) is 48.9 Å². The number of nitrogens with zero attached hydrogens (tertiary/aromatic N) is 5. The molecule has 0 radical (unpaired) electrons. The molecular weight excluding hydrogens is 543 g/mol. The van der Waals surface area contributed by atoms with Crippen LogP contribution in [0.3, 0.4) is 0 Å². The fraction of sp³-hybridized carbons (Fsp3) is 0.393. The van der Waals surface area contributed by atoms with Crippen molar-refractivity contribution in [3.05, 3.63) is 82.6 Å². The van der Waals surface area contributed by atoms with Crippen LogP contribution in [-0.2, 0) is 28.8 Å². The number of hydrogen-bond acceptors (Lipinski definition) is 7. The summed E-state index contributed by atoms with van der Waals surface area (Å²) in [6.07, 6.45) is -2.56. The Balaban J connectivity index is 1.34. The number of benzene rings is 1. The van der Waals surface area contributed by atoms with Gasteiger partial charge in [0.1, 0.15) is 0 Å². The van der Waals surface area contributed by atoms with Gasteiger partial charge in [0.2, 0.25) is 10.7 Å². The van der Waals surface area contributed by atoms with Crippen molar-refractivity contribution >= 4 is 17.0 Å². The van der Waals surface area contributed by atoms with E-state index in [1.807, 2.05) is 54.6 Å². The van der Waals surface area contributed by atoms with Crippen LogP contribution in [0.5, 0.6) is 5.75 Å². The Hall–Kier alpha value is -3.19. The van der Waals surface area contributed by atoms with E-state index in [9.17, 15) is 17.7 Å². The summed E-state index contributed by atoms with van der Waals surface area (Å²) in [5, 5.41) is 7.23. The molecule has 2 atom stereocenters. The lowest BCUT2D eigenvalue weighted by Crippen LogP contribution is -2.60. The highest BCUT2D eigenvalue weighted by atomic mass is 32.2. The number of alkyl halides is 3. The largest absolute Gasteiger partial charge is 0.593 e. The molecule has 0 bridgehead atoms. The molecule has 3 aromatic heterocycles. The van der Waals surface area contributed by atoms with Crippen molar-refractivity contribution in [3.8, 4) is 5.75 Å². The Morgan fingerprint density at radius 3 is 2.58 bits per heavy atom. The van der Waals surface area contributed by atoms with Crippen LogP contribution >= 0.6 is 0 Å². The van der Waals surface area contributed by atoms with E-state index in [1.165, 1.54) is 6.20 Å². The van der Waals surface area contributed by atoms with Crippen molar-refractivity contribution in [2.24, 2.45) is 0 Å². The monoisotopic (exact) mass is 571 g/mol. The molecule has 210 valence electrons. The third-order valence-electron chi connectivity index (χ3n) is 7.60. The molecule has 12 heteroatoms. The molecule has 6 rings (SSSR count). The second-order valence-corrected chi connectivity index (χ2v) is 11.8. The molecule has 2 aliphatic rings. The maximum Gasteiger partial charge on any atom is 0.452 e. The first-order valence-electron chi connectivity index (χ1n) is 13.0. The predicted molar refractivity (Wildman–Crippen MR) is 141 cm³/mol.